The van der Waals surface area contributed by atoms with Crippen molar-refractivity contribution in [3.8, 4) is 0 Å². The molecule has 1 aromatic carbocycles. The van der Waals surface area contributed by atoms with Crippen LogP contribution in [0.25, 0.3) is 10.9 Å². The Morgan fingerprint density at radius 1 is 1.43 bits per heavy atom. The molecule has 120 valence electrons. The number of nitrogens with one attached hydrogen (secondary N) is 1. The first-order valence-corrected chi connectivity index (χ1v) is 8.13. The number of aromatic amines is 1. The van der Waals surface area contributed by atoms with E-state index >= 15 is 0 Å². The number of aromatic nitrogens is 2. The molecule has 1 amide bonds. The molecule has 1 atom stereocenters. The van der Waals surface area contributed by atoms with Gasteiger partial charge in [-0.1, -0.05) is 23.9 Å². The molecular weight excluding hydrogens is 318 g/mol. The lowest BCUT2D eigenvalue weighted by Gasteiger charge is -2.17. The van der Waals surface area contributed by atoms with Crippen LogP contribution in [-0.2, 0) is 9.53 Å². The number of hydrogen-bond acceptors (Lipinski definition) is 6. The number of hydrogen-bond donors (Lipinski definition) is 1. The Morgan fingerprint density at radius 3 is 2.96 bits per heavy atom. The molecule has 23 heavy (non-hydrogen) atoms. The Bertz CT molecular complexity index is 820. The van der Waals surface area contributed by atoms with E-state index in [2.05, 4.69) is 9.97 Å². The number of amides is 1. The molecule has 8 heteroatoms. The van der Waals surface area contributed by atoms with Crippen molar-refractivity contribution in [3.63, 3.8) is 0 Å². The highest BCUT2D eigenvalue weighted by atomic mass is 32.2. The molecule has 0 spiro atoms. The van der Waals surface area contributed by atoms with Crippen LogP contribution in [0.4, 0.5) is 4.79 Å². The number of benzene rings is 1. The number of nitrogens with zero attached hydrogens (tertiary/aromatic N) is 2. The van der Waals surface area contributed by atoms with Crippen molar-refractivity contribution in [2.24, 2.45) is 0 Å². The van der Waals surface area contributed by atoms with Crippen molar-refractivity contribution in [2.45, 2.75) is 13.0 Å². The van der Waals surface area contributed by atoms with Gasteiger partial charge in [0.1, 0.15) is 6.54 Å². The molecule has 1 aromatic heterocycles. The van der Waals surface area contributed by atoms with Gasteiger partial charge < -0.3 is 14.6 Å². The van der Waals surface area contributed by atoms with Crippen LogP contribution in [-0.4, -0.2) is 44.9 Å². The summed E-state index contributed by atoms with van der Waals surface area (Å²) in [5.41, 5.74) is 0.264. The topological polar surface area (TPSA) is 92.4 Å². The van der Waals surface area contributed by atoms with Crippen LogP contribution in [0.1, 0.15) is 18.9 Å². The normalized spacial score (nSPS) is 15.9. The van der Waals surface area contributed by atoms with E-state index in [0.29, 0.717) is 23.2 Å². The Balaban J connectivity index is 1.72. The lowest BCUT2D eigenvalue weighted by Crippen LogP contribution is -2.31. The standard InChI is InChI=1S/C15H15N3O4S/c1-9(22-12(19)8-18-6-7-23-15(18)21)13-16-11-5-3-2-4-10(11)14(20)17-13/h2-5,9H,6-8H2,1H3,(H,16,17,20)/t9-/m0/s1. The zero-order chi connectivity index (χ0) is 16.4. The van der Waals surface area contributed by atoms with E-state index < -0.39 is 12.1 Å². The van der Waals surface area contributed by atoms with Gasteiger partial charge in [-0.25, -0.2) is 4.98 Å². The molecule has 1 fully saturated rings. The van der Waals surface area contributed by atoms with Gasteiger partial charge in [0.15, 0.2) is 11.9 Å². The molecule has 1 aliphatic rings. The minimum Gasteiger partial charge on any atom is -0.453 e. The molecule has 0 aliphatic carbocycles. The summed E-state index contributed by atoms with van der Waals surface area (Å²) in [5, 5.41) is 0.362. The second-order valence-corrected chi connectivity index (χ2v) is 6.18. The van der Waals surface area contributed by atoms with Crippen LogP contribution in [0.15, 0.2) is 29.1 Å². The third-order valence-corrected chi connectivity index (χ3v) is 4.38. The predicted octanol–water partition coefficient (Wildman–Crippen LogP) is 1.70. The van der Waals surface area contributed by atoms with Crippen molar-refractivity contribution in [1.29, 1.82) is 0 Å². The van der Waals surface area contributed by atoms with Crippen LogP contribution in [0, 0.1) is 0 Å². The molecule has 1 N–H and O–H groups in total. The Hall–Kier alpha value is -2.35. The van der Waals surface area contributed by atoms with E-state index in [1.165, 1.54) is 16.7 Å². The van der Waals surface area contributed by atoms with Crippen LogP contribution in [0.3, 0.4) is 0 Å². The third-order valence-electron chi connectivity index (χ3n) is 3.49. The van der Waals surface area contributed by atoms with E-state index in [4.69, 9.17) is 4.74 Å². The zero-order valence-corrected chi connectivity index (χ0v) is 13.3. The van der Waals surface area contributed by atoms with Crippen molar-refractivity contribution in [3.05, 3.63) is 40.4 Å². The van der Waals surface area contributed by atoms with Crippen LogP contribution < -0.4 is 5.56 Å². The van der Waals surface area contributed by atoms with Gasteiger partial charge in [0.25, 0.3) is 10.8 Å². The molecule has 3 rings (SSSR count). The van der Waals surface area contributed by atoms with Crippen LogP contribution in [0.5, 0.6) is 0 Å². The maximum absolute atomic E-state index is 12.0. The highest BCUT2D eigenvalue weighted by molar-refractivity contribution is 8.13. The second-order valence-electron chi connectivity index (χ2n) is 5.14. The number of thioether (sulfide) groups is 1. The van der Waals surface area contributed by atoms with Crippen molar-refractivity contribution in [1.82, 2.24) is 14.9 Å². The number of esters is 1. The fourth-order valence-electron chi connectivity index (χ4n) is 2.31. The highest BCUT2D eigenvalue weighted by Gasteiger charge is 2.25. The van der Waals surface area contributed by atoms with Gasteiger partial charge in [0.2, 0.25) is 0 Å². The van der Waals surface area contributed by atoms with Crippen LogP contribution >= 0.6 is 11.8 Å². The van der Waals surface area contributed by atoms with Crippen molar-refractivity contribution < 1.29 is 14.3 Å². The first kappa shape index (κ1) is 15.5. The zero-order valence-electron chi connectivity index (χ0n) is 12.4. The molecule has 0 saturated carbocycles. The van der Waals surface area contributed by atoms with Gasteiger partial charge in [-0.2, -0.15) is 0 Å². The molecule has 0 radical (unpaired) electrons. The summed E-state index contributed by atoms with van der Waals surface area (Å²) in [4.78, 5) is 43.8. The van der Waals surface area contributed by atoms with Gasteiger partial charge in [-0.05, 0) is 19.1 Å². The average molecular weight is 333 g/mol. The fraction of sp³-hybridized carbons (Fsp3) is 0.333. The summed E-state index contributed by atoms with van der Waals surface area (Å²) in [6.45, 7) is 2.08. The average Bonchev–Trinajstić information content (AvgIpc) is 2.92. The molecule has 1 saturated heterocycles. The fourth-order valence-corrected chi connectivity index (χ4v) is 3.14. The molecule has 1 aliphatic heterocycles. The van der Waals surface area contributed by atoms with Crippen molar-refractivity contribution in [2.75, 3.05) is 18.8 Å². The van der Waals surface area contributed by atoms with Gasteiger partial charge >= 0.3 is 5.97 Å². The molecule has 0 bridgehead atoms. The SMILES string of the molecule is C[C@H](OC(=O)CN1CCSC1=O)c1nc2ccccc2c(=O)[nH]1. The minimum absolute atomic E-state index is 0.0893. The van der Waals surface area contributed by atoms with E-state index in [0.717, 1.165) is 0 Å². The smallest absolute Gasteiger partial charge is 0.326 e. The molecular formula is C15H15N3O4S. The van der Waals surface area contributed by atoms with Gasteiger partial charge in [0, 0.05) is 12.3 Å². The molecule has 0 unspecified atom stereocenters. The maximum Gasteiger partial charge on any atom is 0.326 e. The van der Waals surface area contributed by atoms with Gasteiger partial charge in [-0.3, -0.25) is 14.4 Å². The second kappa shape index (κ2) is 6.41. The van der Waals surface area contributed by atoms with Gasteiger partial charge in [0.05, 0.1) is 10.9 Å². The summed E-state index contributed by atoms with van der Waals surface area (Å²) >= 11 is 1.19. The number of rotatable bonds is 4. The lowest BCUT2D eigenvalue weighted by molar-refractivity contribution is -0.149. The summed E-state index contributed by atoms with van der Waals surface area (Å²) in [5.74, 6) is 0.439. The molecule has 7 nitrogen and oxygen atoms in total. The largest absolute Gasteiger partial charge is 0.453 e. The Labute approximate surface area is 136 Å². The number of H-pyrrole nitrogens is 1. The van der Waals surface area contributed by atoms with Crippen molar-refractivity contribution >= 4 is 33.9 Å². The Kier molecular flexibility index (Phi) is 4.33. The highest BCUT2D eigenvalue weighted by Crippen LogP contribution is 2.18. The van der Waals surface area contributed by atoms with Crippen LogP contribution in [0.2, 0.25) is 0 Å². The monoisotopic (exact) mass is 333 g/mol. The summed E-state index contributed by atoms with van der Waals surface area (Å²) in [6.07, 6.45) is -0.704. The Morgan fingerprint density at radius 2 is 2.22 bits per heavy atom. The number of carbonyl (C=O) groups is 2. The van der Waals surface area contributed by atoms with E-state index in [1.54, 1.807) is 31.2 Å². The van der Waals surface area contributed by atoms with Gasteiger partial charge in [-0.15, -0.1) is 0 Å². The van der Waals surface area contributed by atoms with E-state index in [-0.39, 0.29) is 23.2 Å². The van der Waals surface area contributed by atoms with E-state index in [1.807, 2.05) is 0 Å². The summed E-state index contributed by atoms with van der Waals surface area (Å²) in [6, 6.07) is 6.94. The maximum atomic E-state index is 12.0. The lowest BCUT2D eigenvalue weighted by atomic mass is 10.2. The number of fused-ring (bicyclic) bond motifs is 1. The molecule has 2 heterocycles. The van der Waals surface area contributed by atoms with E-state index in [9.17, 15) is 14.4 Å². The number of carbonyl (C=O) groups excluding carboxylic acids is 2. The number of para-hydroxylation sites is 1. The minimum atomic E-state index is -0.704. The third kappa shape index (κ3) is 3.37. The predicted molar refractivity (Wildman–Crippen MR) is 86.3 cm³/mol. The first-order chi connectivity index (χ1) is 11.0. The molecule has 2 aromatic rings. The quantitative estimate of drug-likeness (QED) is 0.856. The first-order valence-electron chi connectivity index (χ1n) is 7.15. The summed E-state index contributed by atoms with van der Waals surface area (Å²) in [7, 11) is 0. The number of ether oxygens (including phenoxy) is 1. The summed E-state index contributed by atoms with van der Waals surface area (Å²) < 4.78 is 5.28.